The predicted octanol–water partition coefficient (Wildman–Crippen LogP) is 3.27. The third-order valence-corrected chi connectivity index (χ3v) is 5.83. The number of amides is 1. The summed E-state index contributed by atoms with van der Waals surface area (Å²) in [6, 6.07) is 8.20. The number of carbonyl (C=O) groups excluding carboxylic acids is 1. The molecule has 3 rings (SSSR count). The summed E-state index contributed by atoms with van der Waals surface area (Å²) in [5.41, 5.74) is 1.13. The van der Waals surface area contributed by atoms with Crippen LogP contribution in [0.1, 0.15) is 44.5 Å². The van der Waals surface area contributed by atoms with E-state index in [1.807, 2.05) is 25.1 Å². The summed E-state index contributed by atoms with van der Waals surface area (Å²) in [4.78, 5) is 19.4. The lowest BCUT2D eigenvalue weighted by atomic mass is 9.97. The standard InChI is InChI=1S/C20H28N4O2S/c1-4-14(2)21-19(25)16-8-6-10-24(13-16)20-22-18(23-27-20)12-15-7-5-9-17(11-15)26-3/h5,7,9,11,14,16H,4,6,8,10,12-13H2,1-3H3,(H,21,25)/t14-,16-/m0/s1. The van der Waals surface area contributed by atoms with Crippen LogP contribution in [0.4, 0.5) is 5.13 Å². The van der Waals surface area contributed by atoms with Gasteiger partial charge in [0.25, 0.3) is 0 Å². The van der Waals surface area contributed by atoms with E-state index in [1.165, 1.54) is 11.5 Å². The van der Waals surface area contributed by atoms with Crippen molar-refractivity contribution in [3.63, 3.8) is 0 Å². The number of anilines is 1. The largest absolute Gasteiger partial charge is 0.497 e. The zero-order chi connectivity index (χ0) is 19.2. The summed E-state index contributed by atoms with van der Waals surface area (Å²) in [6.07, 6.45) is 3.57. The Balaban J connectivity index is 1.62. The smallest absolute Gasteiger partial charge is 0.225 e. The first-order chi connectivity index (χ1) is 13.1. The lowest BCUT2D eigenvalue weighted by molar-refractivity contribution is -0.125. The van der Waals surface area contributed by atoms with Gasteiger partial charge in [-0.15, -0.1) is 0 Å². The maximum atomic E-state index is 12.5. The van der Waals surface area contributed by atoms with Crippen molar-refractivity contribution in [2.45, 2.75) is 45.6 Å². The van der Waals surface area contributed by atoms with E-state index < -0.39 is 0 Å². The molecular weight excluding hydrogens is 360 g/mol. The highest BCUT2D eigenvalue weighted by Gasteiger charge is 2.28. The van der Waals surface area contributed by atoms with Crippen LogP contribution in [0.3, 0.4) is 0 Å². The summed E-state index contributed by atoms with van der Waals surface area (Å²) in [6.45, 7) is 5.79. The second-order valence-electron chi connectivity index (χ2n) is 7.12. The van der Waals surface area contributed by atoms with Crippen LogP contribution in [0, 0.1) is 5.92 Å². The minimum absolute atomic E-state index is 0.0264. The fraction of sp³-hybridized carbons (Fsp3) is 0.550. The van der Waals surface area contributed by atoms with E-state index in [2.05, 4.69) is 27.6 Å². The SMILES string of the molecule is CC[C@H](C)NC(=O)[C@H]1CCCN(c2nc(Cc3cccc(OC)c3)ns2)C1. The Bertz CT molecular complexity index is 764. The molecule has 0 aliphatic carbocycles. The summed E-state index contributed by atoms with van der Waals surface area (Å²) in [5, 5.41) is 4.02. The molecule has 1 saturated heterocycles. The molecule has 1 aliphatic rings. The van der Waals surface area contributed by atoms with Crippen LogP contribution in [0.15, 0.2) is 24.3 Å². The molecule has 0 radical (unpaired) electrons. The predicted molar refractivity (Wildman–Crippen MR) is 109 cm³/mol. The molecule has 146 valence electrons. The van der Waals surface area contributed by atoms with Crippen molar-refractivity contribution < 1.29 is 9.53 Å². The van der Waals surface area contributed by atoms with Gasteiger partial charge >= 0.3 is 0 Å². The minimum atomic E-state index is 0.0264. The van der Waals surface area contributed by atoms with Crippen LogP contribution in [0.5, 0.6) is 5.75 Å². The van der Waals surface area contributed by atoms with Crippen molar-refractivity contribution >= 4 is 22.6 Å². The minimum Gasteiger partial charge on any atom is -0.497 e. The maximum absolute atomic E-state index is 12.5. The van der Waals surface area contributed by atoms with Crippen molar-refractivity contribution in [1.29, 1.82) is 0 Å². The Labute approximate surface area is 165 Å². The summed E-state index contributed by atoms with van der Waals surface area (Å²) < 4.78 is 9.80. The van der Waals surface area contributed by atoms with Crippen LogP contribution in [-0.4, -0.2) is 41.5 Å². The fourth-order valence-corrected chi connectivity index (χ4v) is 3.96. The number of nitrogens with zero attached hydrogens (tertiary/aromatic N) is 3. The number of methoxy groups -OCH3 is 1. The number of rotatable bonds is 7. The van der Waals surface area contributed by atoms with Crippen molar-refractivity contribution in [2.75, 3.05) is 25.1 Å². The second-order valence-corrected chi connectivity index (χ2v) is 7.85. The van der Waals surface area contributed by atoms with Gasteiger partial charge in [-0.25, -0.2) is 4.98 Å². The van der Waals surface area contributed by atoms with Crippen molar-refractivity contribution in [3.8, 4) is 5.75 Å². The molecule has 0 saturated carbocycles. The van der Waals surface area contributed by atoms with E-state index in [4.69, 9.17) is 9.72 Å². The second kappa shape index (κ2) is 9.17. The number of ether oxygens (including phenoxy) is 1. The van der Waals surface area contributed by atoms with Gasteiger partial charge in [-0.1, -0.05) is 19.1 Å². The van der Waals surface area contributed by atoms with Gasteiger partial charge in [-0.05, 0) is 43.9 Å². The zero-order valence-electron chi connectivity index (χ0n) is 16.3. The Morgan fingerprint density at radius 1 is 1.48 bits per heavy atom. The van der Waals surface area contributed by atoms with Crippen LogP contribution in [0.2, 0.25) is 0 Å². The molecule has 1 aromatic carbocycles. The molecule has 1 aliphatic heterocycles. The Morgan fingerprint density at radius 3 is 3.11 bits per heavy atom. The molecule has 2 heterocycles. The molecule has 0 unspecified atom stereocenters. The van der Waals surface area contributed by atoms with Crippen LogP contribution in [0.25, 0.3) is 0 Å². The average molecular weight is 389 g/mol. The summed E-state index contributed by atoms with van der Waals surface area (Å²) >= 11 is 1.42. The number of aromatic nitrogens is 2. The molecule has 2 aromatic rings. The van der Waals surface area contributed by atoms with Crippen molar-refractivity contribution in [2.24, 2.45) is 5.92 Å². The molecule has 1 amide bonds. The van der Waals surface area contributed by atoms with Gasteiger partial charge in [0, 0.05) is 37.1 Å². The molecule has 0 spiro atoms. The van der Waals surface area contributed by atoms with E-state index in [9.17, 15) is 4.79 Å². The van der Waals surface area contributed by atoms with Gasteiger partial charge in [-0.3, -0.25) is 4.79 Å². The molecule has 2 atom stereocenters. The Kier molecular flexibility index (Phi) is 6.66. The number of hydrogen-bond donors (Lipinski definition) is 1. The third-order valence-electron chi connectivity index (χ3n) is 5.02. The normalized spacial score (nSPS) is 18.2. The van der Waals surface area contributed by atoms with Gasteiger partial charge in [0.1, 0.15) is 11.6 Å². The van der Waals surface area contributed by atoms with E-state index in [1.54, 1.807) is 7.11 Å². The first-order valence-corrected chi connectivity index (χ1v) is 10.4. The van der Waals surface area contributed by atoms with E-state index >= 15 is 0 Å². The number of benzene rings is 1. The molecule has 1 fully saturated rings. The lowest BCUT2D eigenvalue weighted by Gasteiger charge is -2.32. The molecule has 0 bridgehead atoms. The van der Waals surface area contributed by atoms with Crippen molar-refractivity contribution in [3.05, 3.63) is 35.7 Å². The number of nitrogens with one attached hydrogen (secondary N) is 1. The maximum Gasteiger partial charge on any atom is 0.225 e. The molecule has 6 nitrogen and oxygen atoms in total. The summed E-state index contributed by atoms with van der Waals surface area (Å²) in [5.74, 6) is 1.84. The molecule has 7 heteroatoms. The first-order valence-electron chi connectivity index (χ1n) is 9.60. The van der Waals surface area contributed by atoms with E-state index in [0.717, 1.165) is 54.6 Å². The zero-order valence-corrected chi connectivity index (χ0v) is 17.1. The van der Waals surface area contributed by atoms with Crippen LogP contribution >= 0.6 is 11.5 Å². The quantitative estimate of drug-likeness (QED) is 0.788. The highest BCUT2D eigenvalue weighted by molar-refractivity contribution is 7.09. The van der Waals surface area contributed by atoms with Gasteiger partial charge in [0.15, 0.2) is 0 Å². The topological polar surface area (TPSA) is 67.4 Å². The molecule has 27 heavy (non-hydrogen) atoms. The van der Waals surface area contributed by atoms with Gasteiger partial charge in [-0.2, -0.15) is 4.37 Å². The monoisotopic (exact) mass is 388 g/mol. The Hall–Kier alpha value is -2.15. The molecule has 1 aromatic heterocycles. The van der Waals surface area contributed by atoms with Crippen LogP contribution < -0.4 is 15.0 Å². The van der Waals surface area contributed by atoms with Crippen LogP contribution in [-0.2, 0) is 11.2 Å². The Morgan fingerprint density at radius 2 is 2.33 bits per heavy atom. The van der Waals surface area contributed by atoms with Crippen molar-refractivity contribution in [1.82, 2.24) is 14.7 Å². The first kappa shape index (κ1) is 19.6. The number of carbonyl (C=O) groups is 1. The number of piperidine rings is 1. The molecule has 1 N–H and O–H groups in total. The average Bonchev–Trinajstić information content (AvgIpc) is 3.16. The van der Waals surface area contributed by atoms with E-state index in [-0.39, 0.29) is 17.9 Å². The number of hydrogen-bond acceptors (Lipinski definition) is 6. The van der Waals surface area contributed by atoms with Gasteiger partial charge in [0.2, 0.25) is 11.0 Å². The summed E-state index contributed by atoms with van der Waals surface area (Å²) in [7, 11) is 1.67. The van der Waals surface area contributed by atoms with Gasteiger partial charge < -0.3 is 15.0 Å². The third kappa shape index (κ3) is 5.19. The molecular formula is C20H28N4O2S. The lowest BCUT2D eigenvalue weighted by Crippen LogP contribution is -2.45. The van der Waals surface area contributed by atoms with Gasteiger partial charge in [0.05, 0.1) is 13.0 Å². The highest BCUT2D eigenvalue weighted by atomic mass is 32.1. The fourth-order valence-electron chi connectivity index (χ4n) is 3.24. The highest BCUT2D eigenvalue weighted by Crippen LogP contribution is 2.26. The van der Waals surface area contributed by atoms with E-state index in [0.29, 0.717) is 6.42 Å².